The van der Waals surface area contributed by atoms with Gasteiger partial charge >= 0.3 is 18.0 Å². The zero-order valence-corrected chi connectivity index (χ0v) is 24.5. The number of carbonyl (C=O) groups is 3. The Hall–Kier alpha value is -4.15. The number of para-hydroxylation sites is 1. The molecule has 3 aliphatic rings. The van der Waals surface area contributed by atoms with Crippen LogP contribution < -0.4 is 0 Å². The summed E-state index contributed by atoms with van der Waals surface area (Å²) in [6.07, 6.45) is 2.92. The summed E-state index contributed by atoms with van der Waals surface area (Å²) in [5.74, 6) is -2.46. The van der Waals surface area contributed by atoms with Crippen molar-refractivity contribution in [2.45, 2.75) is 36.7 Å². The van der Waals surface area contributed by atoms with Crippen LogP contribution in [0, 0.1) is 5.92 Å². The number of amides is 1. The number of nitrogens with zero attached hydrogens (tertiary/aromatic N) is 2. The molecule has 2 aromatic carbocycles. The Morgan fingerprint density at radius 2 is 1.62 bits per heavy atom. The third-order valence-electron chi connectivity index (χ3n) is 8.87. The standard InChI is InChI=1S/C32H36N2O8/c1-33-25-14-10-9-13-23(25)24(15-16-27(35)38-2)28(33)31(29(36)39-3)17-22-19-34(26(31)18-32(22,40-4)41-5)30(37)42-20-21-11-7-6-8-12-21/h6-16,22,26H,17-20H2,1-5H3/b16-15+/t22-,26+,31+/m0/s1. The lowest BCUT2D eigenvalue weighted by atomic mass is 9.57. The second-order valence-electron chi connectivity index (χ2n) is 10.7. The van der Waals surface area contributed by atoms with Crippen LogP contribution in [0.4, 0.5) is 4.79 Å². The summed E-state index contributed by atoms with van der Waals surface area (Å²) in [5.41, 5.74) is 1.64. The van der Waals surface area contributed by atoms with E-state index in [-0.39, 0.29) is 26.0 Å². The number of methoxy groups -OCH3 is 4. The molecule has 1 aromatic heterocycles. The zero-order valence-electron chi connectivity index (χ0n) is 24.5. The zero-order chi connectivity index (χ0) is 30.1. The molecule has 1 saturated carbocycles. The molecule has 1 aliphatic carbocycles. The fourth-order valence-electron chi connectivity index (χ4n) is 6.93. The Kier molecular flexibility index (Phi) is 8.12. The van der Waals surface area contributed by atoms with Gasteiger partial charge in [0.15, 0.2) is 5.79 Å². The van der Waals surface area contributed by atoms with Crippen LogP contribution in [-0.2, 0) is 52.3 Å². The number of aryl methyl sites for hydroxylation is 1. The molecule has 0 unspecified atom stereocenters. The average Bonchev–Trinajstić information content (AvgIpc) is 3.33. The molecule has 0 N–H and O–H groups in total. The molecule has 222 valence electrons. The van der Waals surface area contributed by atoms with Gasteiger partial charge < -0.3 is 33.2 Å². The minimum Gasteiger partial charge on any atom is -0.468 e. The summed E-state index contributed by atoms with van der Waals surface area (Å²) in [7, 11) is 7.67. The van der Waals surface area contributed by atoms with Gasteiger partial charge in [-0.25, -0.2) is 9.59 Å². The van der Waals surface area contributed by atoms with Gasteiger partial charge in [-0.05, 0) is 24.1 Å². The van der Waals surface area contributed by atoms with E-state index in [1.54, 1.807) is 25.2 Å². The van der Waals surface area contributed by atoms with Gasteiger partial charge in [0, 0.05) is 68.4 Å². The smallest absolute Gasteiger partial charge is 0.410 e. The Morgan fingerprint density at radius 3 is 2.26 bits per heavy atom. The first-order valence-corrected chi connectivity index (χ1v) is 13.8. The molecule has 3 aromatic rings. The summed E-state index contributed by atoms with van der Waals surface area (Å²) >= 11 is 0. The Balaban J connectivity index is 1.69. The van der Waals surface area contributed by atoms with Crippen molar-refractivity contribution in [1.82, 2.24) is 9.47 Å². The van der Waals surface area contributed by atoms with E-state index in [0.717, 1.165) is 16.5 Å². The first kappa shape index (κ1) is 29.3. The fraction of sp³-hybridized carbons (Fsp3) is 0.406. The minimum atomic E-state index is -1.34. The van der Waals surface area contributed by atoms with Crippen LogP contribution in [-0.4, -0.2) is 74.3 Å². The molecule has 1 amide bonds. The quantitative estimate of drug-likeness (QED) is 0.170. The molecule has 3 atom stereocenters. The van der Waals surface area contributed by atoms with Gasteiger partial charge in [0.05, 0.1) is 20.3 Å². The van der Waals surface area contributed by atoms with Crippen LogP contribution in [0.1, 0.15) is 29.7 Å². The maximum Gasteiger partial charge on any atom is 0.410 e. The van der Waals surface area contributed by atoms with Crippen molar-refractivity contribution in [1.29, 1.82) is 0 Å². The van der Waals surface area contributed by atoms with E-state index in [2.05, 4.69) is 0 Å². The van der Waals surface area contributed by atoms with Crippen molar-refractivity contribution in [3.8, 4) is 0 Å². The number of aromatic nitrogens is 1. The third-order valence-corrected chi connectivity index (χ3v) is 8.87. The maximum absolute atomic E-state index is 14.2. The van der Waals surface area contributed by atoms with Crippen molar-refractivity contribution in [3.05, 3.63) is 77.5 Å². The summed E-state index contributed by atoms with van der Waals surface area (Å²) in [4.78, 5) is 41.7. The highest BCUT2D eigenvalue weighted by molar-refractivity contribution is 5.99. The third kappa shape index (κ3) is 4.64. The number of esters is 2. The van der Waals surface area contributed by atoms with Crippen LogP contribution in [0.25, 0.3) is 17.0 Å². The second-order valence-corrected chi connectivity index (χ2v) is 10.7. The largest absolute Gasteiger partial charge is 0.468 e. The first-order valence-electron chi connectivity index (χ1n) is 13.8. The highest BCUT2D eigenvalue weighted by atomic mass is 16.7. The van der Waals surface area contributed by atoms with E-state index in [4.69, 9.17) is 23.7 Å². The minimum absolute atomic E-state index is 0.0830. The second kappa shape index (κ2) is 11.6. The van der Waals surface area contributed by atoms with Gasteiger partial charge in [-0.2, -0.15) is 0 Å². The number of benzene rings is 2. The maximum atomic E-state index is 14.2. The van der Waals surface area contributed by atoms with E-state index in [1.165, 1.54) is 20.3 Å². The van der Waals surface area contributed by atoms with E-state index >= 15 is 0 Å². The molecule has 0 radical (unpaired) electrons. The van der Waals surface area contributed by atoms with E-state index < -0.39 is 41.2 Å². The van der Waals surface area contributed by atoms with Crippen molar-refractivity contribution < 1.29 is 38.1 Å². The Morgan fingerprint density at radius 1 is 0.929 bits per heavy atom. The molecule has 0 spiro atoms. The first-order chi connectivity index (χ1) is 20.3. The number of ether oxygens (including phenoxy) is 5. The van der Waals surface area contributed by atoms with Crippen molar-refractivity contribution in [2.75, 3.05) is 35.0 Å². The van der Waals surface area contributed by atoms with Gasteiger partial charge in [0.25, 0.3) is 0 Å². The van der Waals surface area contributed by atoms with Crippen LogP contribution in [0.5, 0.6) is 0 Å². The molecule has 2 aliphatic heterocycles. The molecule has 6 rings (SSSR count). The van der Waals surface area contributed by atoms with E-state index in [1.807, 2.05) is 66.2 Å². The summed E-state index contributed by atoms with van der Waals surface area (Å²) in [5, 5.41) is 0.836. The number of carbonyl (C=O) groups excluding carboxylic acids is 3. The van der Waals surface area contributed by atoms with E-state index in [0.29, 0.717) is 11.3 Å². The lowest BCUT2D eigenvalue weighted by molar-refractivity contribution is -0.293. The highest BCUT2D eigenvalue weighted by Crippen LogP contribution is 2.56. The molecule has 3 heterocycles. The SMILES string of the molecule is COC(=O)/C=C/c1c([C@@]2(C(=O)OC)C[C@H]3CN(C(=O)OCc4ccccc4)[C@@H]2CC3(OC)OC)n(C)c2ccccc12. The monoisotopic (exact) mass is 576 g/mol. The Labute approximate surface area is 244 Å². The normalized spacial score (nSPS) is 22.8. The fourth-order valence-corrected chi connectivity index (χ4v) is 6.93. The Bertz CT molecular complexity index is 1510. The molecule has 2 bridgehead atoms. The van der Waals surface area contributed by atoms with Crippen molar-refractivity contribution in [3.63, 3.8) is 0 Å². The lowest BCUT2D eigenvalue weighted by Gasteiger charge is -2.60. The topological polar surface area (TPSA) is 106 Å². The number of piperidine rings is 2. The highest BCUT2D eigenvalue weighted by Gasteiger charge is 2.68. The van der Waals surface area contributed by atoms with E-state index in [9.17, 15) is 14.4 Å². The van der Waals surface area contributed by atoms with Gasteiger partial charge in [0.2, 0.25) is 0 Å². The van der Waals surface area contributed by atoms with Crippen LogP contribution in [0.2, 0.25) is 0 Å². The summed E-state index contributed by atoms with van der Waals surface area (Å²) < 4.78 is 30.0. The molecule has 10 nitrogen and oxygen atoms in total. The van der Waals surface area contributed by atoms with Gasteiger partial charge in [-0.3, -0.25) is 4.79 Å². The van der Waals surface area contributed by atoms with Crippen molar-refractivity contribution in [2.24, 2.45) is 13.0 Å². The van der Waals surface area contributed by atoms with Gasteiger partial charge in [-0.1, -0.05) is 48.5 Å². The number of rotatable bonds is 8. The van der Waals surface area contributed by atoms with Gasteiger partial charge in [-0.15, -0.1) is 0 Å². The van der Waals surface area contributed by atoms with Crippen molar-refractivity contribution >= 4 is 35.0 Å². The van der Waals surface area contributed by atoms with Gasteiger partial charge in [0.1, 0.15) is 12.0 Å². The molecular formula is C32H36N2O8. The van der Waals surface area contributed by atoms with Crippen LogP contribution >= 0.6 is 0 Å². The molecular weight excluding hydrogens is 540 g/mol. The predicted molar refractivity (Wildman–Crippen MR) is 154 cm³/mol. The number of hydrogen-bond acceptors (Lipinski definition) is 8. The average molecular weight is 577 g/mol. The lowest BCUT2D eigenvalue weighted by Crippen LogP contribution is -2.73. The summed E-state index contributed by atoms with van der Waals surface area (Å²) in [6.45, 7) is 0.343. The molecule has 2 saturated heterocycles. The molecule has 3 fully saturated rings. The van der Waals surface area contributed by atoms with Crippen LogP contribution in [0.3, 0.4) is 0 Å². The molecule has 42 heavy (non-hydrogen) atoms. The number of fused-ring (bicyclic) bond motifs is 4. The number of hydrogen-bond donors (Lipinski definition) is 0. The molecule has 10 heteroatoms. The van der Waals surface area contributed by atoms with Crippen LogP contribution in [0.15, 0.2) is 60.7 Å². The predicted octanol–water partition coefficient (Wildman–Crippen LogP) is 4.20. The summed E-state index contributed by atoms with van der Waals surface area (Å²) in [6, 6.07) is 16.3.